The minimum Gasteiger partial charge on any atom is -0.296 e. The zero-order valence-electron chi connectivity index (χ0n) is 14.2. The lowest BCUT2D eigenvalue weighted by Crippen LogP contribution is -2.50. The fourth-order valence-corrected chi connectivity index (χ4v) is 3.85. The Hall–Kier alpha value is -0.550. The smallest absolute Gasteiger partial charge is 0.0672 e. The lowest BCUT2D eigenvalue weighted by Gasteiger charge is -2.44. The second kappa shape index (κ2) is 8.67. The molecule has 1 aliphatic rings. The van der Waals surface area contributed by atoms with Crippen LogP contribution in [-0.2, 0) is 0 Å². The average Bonchev–Trinajstić information content (AvgIpc) is 2.46. The van der Waals surface area contributed by atoms with Crippen LogP contribution in [0.1, 0.15) is 73.1 Å². The fourth-order valence-electron chi connectivity index (χ4n) is 3.85. The zero-order chi connectivity index (χ0) is 15.1. The molecule has 1 saturated carbocycles. The highest BCUT2D eigenvalue weighted by molar-refractivity contribution is 4.98. The summed E-state index contributed by atoms with van der Waals surface area (Å²) >= 11 is 0. The first-order valence-electron chi connectivity index (χ1n) is 8.72. The zero-order valence-corrected chi connectivity index (χ0v) is 14.2. The van der Waals surface area contributed by atoms with E-state index in [1.807, 2.05) is 0 Å². The lowest BCUT2D eigenvalue weighted by atomic mass is 9.76. The molecule has 0 aliphatic heterocycles. The van der Waals surface area contributed by atoms with Crippen LogP contribution in [0.25, 0.3) is 0 Å². The molecule has 1 fully saturated rings. The minimum atomic E-state index is 0.247. The van der Waals surface area contributed by atoms with Crippen molar-refractivity contribution in [1.82, 2.24) is 4.90 Å². The normalized spacial score (nSPS) is 27.2. The van der Waals surface area contributed by atoms with Gasteiger partial charge in [-0.05, 0) is 43.9 Å². The second-order valence-corrected chi connectivity index (χ2v) is 6.95. The Kier molecular flexibility index (Phi) is 7.59. The SMILES string of the molecule is CCC1CCC(C#N)C(N(CC(C)C)C(CC)CC)C1. The van der Waals surface area contributed by atoms with Gasteiger partial charge >= 0.3 is 0 Å². The highest BCUT2D eigenvalue weighted by atomic mass is 15.2. The average molecular weight is 278 g/mol. The van der Waals surface area contributed by atoms with Crippen molar-refractivity contribution >= 4 is 0 Å². The van der Waals surface area contributed by atoms with Gasteiger partial charge in [-0.1, -0.05) is 41.0 Å². The maximum atomic E-state index is 9.55. The van der Waals surface area contributed by atoms with Crippen molar-refractivity contribution in [3.05, 3.63) is 0 Å². The molecule has 3 unspecified atom stereocenters. The molecule has 0 radical (unpaired) electrons. The quantitative estimate of drug-likeness (QED) is 0.665. The lowest BCUT2D eigenvalue weighted by molar-refractivity contribution is 0.0470. The molecule has 0 heterocycles. The molecule has 20 heavy (non-hydrogen) atoms. The van der Waals surface area contributed by atoms with Gasteiger partial charge in [0.1, 0.15) is 0 Å². The van der Waals surface area contributed by atoms with Crippen LogP contribution in [-0.4, -0.2) is 23.5 Å². The van der Waals surface area contributed by atoms with Crippen molar-refractivity contribution in [3.63, 3.8) is 0 Å². The number of nitriles is 1. The third-order valence-corrected chi connectivity index (χ3v) is 5.08. The molecule has 2 heteroatoms. The Morgan fingerprint density at radius 3 is 2.25 bits per heavy atom. The first kappa shape index (κ1) is 17.5. The van der Waals surface area contributed by atoms with E-state index in [0.29, 0.717) is 18.0 Å². The Balaban J connectivity index is 2.91. The number of hydrogen-bond acceptors (Lipinski definition) is 2. The van der Waals surface area contributed by atoms with Gasteiger partial charge in [-0.3, -0.25) is 4.90 Å². The summed E-state index contributed by atoms with van der Waals surface area (Å²) in [6.45, 7) is 12.6. The van der Waals surface area contributed by atoms with Crippen molar-refractivity contribution in [1.29, 1.82) is 5.26 Å². The molecule has 0 aromatic heterocycles. The molecule has 2 nitrogen and oxygen atoms in total. The molecule has 1 aliphatic carbocycles. The van der Waals surface area contributed by atoms with Gasteiger partial charge in [0.05, 0.1) is 12.0 Å². The molecule has 0 aromatic rings. The topological polar surface area (TPSA) is 27.0 Å². The maximum Gasteiger partial charge on any atom is 0.0672 e. The van der Waals surface area contributed by atoms with Crippen molar-refractivity contribution in [2.45, 2.75) is 85.2 Å². The van der Waals surface area contributed by atoms with Crippen LogP contribution < -0.4 is 0 Å². The van der Waals surface area contributed by atoms with Crippen molar-refractivity contribution < 1.29 is 0 Å². The van der Waals surface area contributed by atoms with E-state index in [9.17, 15) is 5.26 Å². The predicted octanol–water partition coefficient (Wildman–Crippen LogP) is 4.85. The Morgan fingerprint density at radius 2 is 1.80 bits per heavy atom. The van der Waals surface area contributed by atoms with E-state index in [2.05, 4.69) is 45.6 Å². The minimum absolute atomic E-state index is 0.247. The summed E-state index contributed by atoms with van der Waals surface area (Å²) in [5, 5.41) is 9.55. The van der Waals surface area contributed by atoms with Crippen LogP contribution >= 0.6 is 0 Å². The van der Waals surface area contributed by atoms with Crippen LogP contribution in [0.2, 0.25) is 0 Å². The van der Waals surface area contributed by atoms with Crippen LogP contribution in [0.15, 0.2) is 0 Å². The first-order valence-corrected chi connectivity index (χ1v) is 8.72. The third kappa shape index (κ3) is 4.48. The van der Waals surface area contributed by atoms with E-state index in [4.69, 9.17) is 0 Å². The second-order valence-electron chi connectivity index (χ2n) is 6.95. The molecular formula is C18H34N2. The molecule has 1 rings (SSSR count). The molecular weight excluding hydrogens is 244 g/mol. The van der Waals surface area contributed by atoms with E-state index in [1.165, 1.54) is 32.1 Å². The van der Waals surface area contributed by atoms with E-state index >= 15 is 0 Å². The van der Waals surface area contributed by atoms with Gasteiger partial charge in [-0.2, -0.15) is 5.26 Å². The highest BCUT2D eigenvalue weighted by Gasteiger charge is 2.36. The van der Waals surface area contributed by atoms with Crippen molar-refractivity contribution in [2.75, 3.05) is 6.54 Å². The highest BCUT2D eigenvalue weighted by Crippen LogP contribution is 2.35. The van der Waals surface area contributed by atoms with Gasteiger partial charge in [-0.15, -0.1) is 0 Å². The predicted molar refractivity (Wildman–Crippen MR) is 86.4 cm³/mol. The van der Waals surface area contributed by atoms with Crippen molar-refractivity contribution in [2.24, 2.45) is 17.8 Å². The van der Waals surface area contributed by atoms with Gasteiger partial charge in [0.2, 0.25) is 0 Å². The van der Waals surface area contributed by atoms with E-state index in [-0.39, 0.29) is 5.92 Å². The largest absolute Gasteiger partial charge is 0.296 e. The van der Waals surface area contributed by atoms with Crippen LogP contribution in [0.5, 0.6) is 0 Å². The summed E-state index contributed by atoms with van der Waals surface area (Å²) in [6.07, 6.45) is 7.27. The van der Waals surface area contributed by atoms with Gasteiger partial charge in [0.25, 0.3) is 0 Å². The third-order valence-electron chi connectivity index (χ3n) is 5.08. The van der Waals surface area contributed by atoms with Gasteiger partial charge < -0.3 is 0 Å². The first-order chi connectivity index (χ1) is 9.57. The number of nitrogens with zero attached hydrogens (tertiary/aromatic N) is 2. The molecule has 116 valence electrons. The van der Waals surface area contributed by atoms with Gasteiger partial charge in [-0.25, -0.2) is 0 Å². The molecule has 0 aromatic carbocycles. The molecule has 0 spiro atoms. The summed E-state index contributed by atoms with van der Waals surface area (Å²) < 4.78 is 0. The number of rotatable bonds is 7. The molecule has 0 saturated heterocycles. The van der Waals surface area contributed by atoms with E-state index in [0.717, 1.165) is 18.9 Å². The fraction of sp³-hybridized carbons (Fsp3) is 0.944. The maximum absolute atomic E-state index is 9.55. The Morgan fingerprint density at radius 1 is 1.15 bits per heavy atom. The van der Waals surface area contributed by atoms with Crippen LogP contribution in [0, 0.1) is 29.1 Å². The summed E-state index contributed by atoms with van der Waals surface area (Å²) in [6, 6.07) is 3.75. The Labute approximate surface area is 126 Å². The van der Waals surface area contributed by atoms with Gasteiger partial charge in [0, 0.05) is 18.6 Å². The number of hydrogen-bond donors (Lipinski definition) is 0. The molecule has 0 N–H and O–H groups in total. The summed E-state index contributed by atoms with van der Waals surface area (Å²) in [5.74, 6) is 1.75. The van der Waals surface area contributed by atoms with E-state index < -0.39 is 0 Å². The van der Waals surface area contributed by atoms with Crippen LogP contribution in [0.3, 0.4) is 0 Å². The molecule has 3 atom stereocenters. The van der Waals surface area contributed by atoms with Crippen LogP contribution in [0.4, 0.5) is 0 Å². The summed E-state index contributed by atoms with van der Waals surface area (Å²) in [4.78, 5) is 2.69. The summed E-state index contributed by atoms with van der Waals surface area (Å²) in [5.41, 5.74) is 0. The Bertz CT molecular complexity index is 301. The molecule has 0 amide bonds. The molecule has 0 bridgehead atoms. The van der Waals surface area contributed by atoms with Crippen molar-refractivity contribution in [3.8, 4) is 6.07 Å². The monoisotopic (exact) mass is 278 g/mol. The van der Waals surface area contributed by atoms with E-state index in [1.54, 1.807) is 0 Å². The van der Waals surface area contributed by atoms with Gasteiger partial charge in [0.15, 0.2) is 0 Å². The summed E-state index contributed by atoms with van der Waals surface area (Å²) in [7, 11) is 0. The standard InChI is InChI=1S/C18H34N2/c1-6-15-9-10-16(12-19)18(11-15)20(13-14(4)5)17(7-2)8-3/h14-18H,6-11,13H2,1-5H3.